The number of likely N-dealkylation sites (tertiary alicyclic amines) is 1. The van der Waals surface area contributed by atoms with Crippen LogP contribution in [0, 0.1) is 11.8 Å². The summed E-state index contributed by atoms with van der Waals surface area (Å²) in [5.41, 5.74) is -1.78. The van der Waals surface area contributed by atoms with Gasteiger partial charge >= 0.3 is 5.97 Å². The average Bonchev–Trinajstić information content (AvgIpc) is 3.19. The fourth-order valence-electron chi connectivity index (χ4n) is 6.28. The minimum Gasteiger partial charge on any atom is -0.465 e. The predicted octanol–water partition coefficient (Wildman–Crippen LogP) is 3.27. The number of ether oxygens (including phenoxy) is 2. The maximum atomic E-state index is 14.3. The van der Waals surface area contributed by atoms with Gasteiger partial charge in [-0.1, -0.05) is 35.9 Å². The van der Waals surface area contributed by atoms with E-state index in [-0.39, 0.29) is 38.1 Å². The standard InChI is InChI=1S/C28H33ClN2O6/c1-27-13-4-2-3-7-18-36-26(35)22(27)21-24(33)31(15-5-6-17-32)23-25(34)30(16-8-14-28(21,23)37-27)20-11-9-19(29)10-12-20/h4,8-14,21-23,32H,2-3,5-7,15-18H2,1H3/b13-4-/t21-,22+,23?,27-,28-/m0/s1. The molecule has 0 aliphatic carbocycles. The Morgan fingerprint density at radius 1 is 1.03 bits per heavy atom. The number of benzene rings is 1. The highest BCUT2D eigenvalue weighted by Crippen LogP contribution is 2.57. The largest absolute Gasteiger partial charge is 0.465 e. The summed E-state index contributed by atoms with van der Waals surface area (Å²) in [4.78, 5) is 45.0. The number of aliphatic hydroxyl groups excluding tert-OH is 1. The fourth-order valence-corrected chi connectivity index (χ4v) is 6.41. The summed E-state index contributed by atoms with van der Waals surface area (Å²) in [7, 11) is 0. The van der Waals surface area contributed by atoms with Crippen LogP contribution in [-0.4, -0.2) is 71.3 Å². The molecule has 0 saturated carbocycles. The zero-order chi connectivity index (χ0) is 26.2. The third-order valence-electron chi connectivity index (χ3n) is 7.95. The third kappa shape index (κ3) is 4.39. The molecule has 1 aromatic carbocycles. The summed E-state index contributed by atoms with van der Waals surface area (Å²) in [6.45, 7) is 2.64. The number of nitrogens with zero attached hydrogens (tertiary/aromatic N) is 2. The van der Waals surface area contributed by atoms with Crippen molar-refractivity contribution < 1.29 is 29.0 Å². The molecule has 0 bridgehead atoms. The molecule has 1 unspecified atom stereocenters. The van der Waals surface area contributed by atoms with Crippen molar-refractivity contribution in [3.8, 4) is 0 Å². The highest BCUT2D eigenvalue weighted by Gasteiger charge is 2.74. The molecule has 1 aromatic rings. The number of rotatable bonds is 5. The first kappa shape index (κ1) is 25.9. The number of halogens is 1. The minimum absolute atomic E-state index is 0.0136. The molecule has 4 aliphatic heterocycles. The van der Waals surface area contributed by atoms with Gasteiger partial charge in [0.05, 0.1) is 18.1 Å². The number of aliphatic hydroxyl groups is 1. The van der Waals surface area contributed by atoms with E-state index in [9.17, 15) is 19.5 Å². The molecule has 2 amide bonds. The summed E-state index contributed by atoms with van der Waals surface area (Å²) in [5, 5.41) is 9.90. The molecule has 2 saturated heterocycles. The number of esters is 1. The first-order chi connectivity index (χ1) is 17.8. The number of allylic oxidation sites excluding steroid dienone is 1. The molecule has 5 rings (SSSR count). The number of carbonyl (C=O) groups excluding carboxylic acids is 3. The molecule has 1 N–H and O–H groups in total. The monoisotopic (exact) mass is 528 g/mol. The van der Waals surface area contributed by atoms with Gasteiger partial charge in [-0.2, -0.15) is 0 Å². The summed E-state index contributed by atoms with van der Waals surface area (Å²) in [6, 6.07) is 6.02. The molecule has 0 aromatic heterocycles. The number of amides is 2. The number of cyclic esters (lactones) is 1. The Kier molecular flexibility index (Phi) is 7.18. The van der Waals surface area contributed by atoms with Gasteiger partial charge in [0.25, 0.3) is 5.91 Å². The van der Waals surface area contributed by atoms with Crippen LogP contribution in [0.4, 0.5) is 5.69 Å². The Morgan fingerprint density at radius 2 is 1.81 bits per heavy atom. The Bertz CT molecular complexity index is 1120. The van der Waals surface area contributed by atoms with E-state index in [2.05, 4.69) is 0 Å². The number of anilines is 1. The van der Waals surface area contributed by atoms with Crippen LogP contribution in [0.15, 0.2) is 48.6 Å². The van der Waals surface area contributed by atoms with Gasteiger partial charge in [-0.05, 0) is 63.3 Å². The SMILES string of the molecule is C[C@]12/C=C\CCCCOC(=O)[C@H]1[C@H]1C(=O)N(CCCCO)C3C(=O)N(c4ccc(Cl)cc4)CC=C[C@@]31O2. The summed E-state index contributed by atoms with van der Waals surface area (Å²) < 4.78 is 12.4. The van der Waals surface area contributed by atoms with Gasteiger partial charge in [0, 0.05) is 30.4 Å². The van der Waals surface area contributed by atoms with Gasteiger partial charge in [-0.25, -0.2) is 0 Å². The molecule has 5 atom stereocenters. The molecule has 198 valence electrons. The molecule has 8 nitrogen and oxygen atoms in total. The van der Waals surface area contributed by atoms with Crippen LogP contribution < -0.4 is 4.90 Å². The van der Waals surface area contributed by atoms with E-state index in [1.54, 1.807) is 34.1 Å². The predicted molar refractivity (Wildman–Crippen MR) is 138 cm³/mol. The first-order valence-electron chi connectivity index (χ1n) is 13.0. The van der Waals surface area contributed by atoms with Crippen molar-refractivity contribution in [2.45, 2.75) is 56.3 Å². The zero-order valence-corrected chi connectivity index (χ0v) is 21.7. The summed E-state index contributed by atoms with van der Waals surface area (Å²) >= 11 is 6.08. The van der Waals surface area contributed by atoms with Gasteiger partial charge in [-0.15, -0.1) is 0 Å². The normalized spacial score (nSPS) is 34.5. The van der Waals surface area contributed by atoms with Crippen molar-refractivity contribution in [1.82, 2.24) is 4.90 Å². The number of unbranched alkanes of at least 4 members (excludes halogenated alkanes) is 1. The molecule has 9 heteroatoms. The van der Waals surface area contributed by atoms with Gasteiger partial charge in [0.15, 0.2) is 0 Å². The average molecular weight is 529 g/mol. The van der Waals surface area contributed by atoms with Gasteiger partial charge < -0.3 is 24.4 Å². The van der Waals surface area contributed by atoms with Crippen LogP contribution in [0.5, 0.6) is 0 Å². The van der Waals surface area contributed by atoms with E-state index < -0.39 is 35.0 Å². The van der Waals surface area contributed by atoms with E-state index in [0.29, 0.717) is 23.6 Å². The Balaban J connectivity index is 1.61. The van der Waals surface area contributed by atoms with Crippen LogP contribution >= 0.6 is 11.6 Å². The highest BCUT2D eigenvalue weighted by molar-refractivity contribution is 6.30. The maximum absolute atomic E-state index is 14.3. The van der Waals surface area contributed by atoms with E-state index in [1.807, 2.05) is 31.2 Å². The number of fused-ring (bicyclic) bond motifs is 2. The van der Waals surface area contributed by atoms with Crippen molar-refractivity contribution >= 4 is 35.1 Å². The lowest BCUT2D eigenvalue weighted by Gasteiger charge is -2.37. The molecule has 4 aliphatic rings. The van der Waals surface area contributed by atoms with Crippen molar-refractivity contribution in [2.24, 2.45) is 11.8 Å². The number of hydrogen-bond donors (Lipinski definition) is 1. The molecule has 2 fully saturated rings. The van der Waals surface area contributed by atoms with E-state index in [4.69, 9.17) is 21.1 Å². The number of hydrogen-bond acceptors (Lipinski definition) is 6. The first-order valence-corrected chi connectivity index (χ1v) is 13.4. The minimum atomic E-state index is -1.33. The Labute approximate surface area is 221 Å². The molecule has 4 heterocycles. The fraction of sp³-hybridized carbons (Fsp3) is 0.536. The van der Waals surface area contributed by atoms with E-state index >= 15 is 0 Å². The summed E-state index contributed by atoms with van der Waals surface area (Å²) in [5.74, 6) is -2.84. The smallest absolute Gasteiger partial charge is 0.313 e. The zero-order valence-electron chi connectivity index (χ0n) is 21.0. The third-order valence-corrected chi connectivity index (χ3v) is 8.20. The second-order valence-electron chi connectivity index (χ2n) is 10.4. The lowest BCUT2D eigenvalue weighted by Crippen LogP contribution is -2.56. The molecular formula is C28H33ClN2O6. The van der Waals surface area contributed by atoms with Gasteiger partial charge in [0.2, 0.25) is 5.91 Å². The number of carbonyl (C=O) groups is 3. The van der Waals surface area contributed by atoms with Gasteiger partial charge in [-0.3, -0.25) is 14.4 Å². The summed E-state index contributed by atoms with van der Waals surface area (Å²) in [6.07, 6.45) is 11.0. The van der Waals surface area contributed by atoms with E-state index in [1.165, 1.54) is 0 Å². The Morgan fingerprint density at radius 3 is 2.57 bits per heavy atom. The quantitative estimate of drug-likeness (QED) is 0.358. The van der Waals surface area contributed by atoms with Crippen LogP contribution in [0.25, 0.3) is 0 Å². The maximum Gasteiger partial charge on any atom is 0.313 e. The lowest BCUT2D eigenvalue weighted by molar-refractivity contribution is -0.158. The van der Waals surface area contributed by atoms with Gasteiger partial charge in [0.1, 0.15) is 17.6 Å². The molecule has 0 radical (unpaired) electrons. The van der Waals surface area contributed by atoms with Crippen molar-refractivity contribution in [3.05, 3.63) is 53.6 Å². The second kappa shape index (κ2) is 10.2. The van der Waals surface area contributed by atoms with Crippen LogP contribution in [-0.2, 0) is 23.9 Å². The molecular weight excluding hydrogens is 496 g/mol. The van der Waals surface area contributed by atoms with Crippen molar-refractivity contribution in [1.29, 1.82) is 0 Å². The van der Waals surface area contributed by atoms with Crippen molar-refractivity contribution in [3.63, 3.8) is 0 Å². The van der Waals surface area contributed by atoms with Crippen molar-refractivity contribution in [2.75, 3.05) is 31.2 Å². The lowest BCUT2D eigenvalue weighted by atomic mass is 9.74. The second-order valence-corrected chi connectivity index (χ2v) is 10.8. The van der Waals surface area contributed by atoms with E-state index in [0.717, 1.165) is 19.3 Å². The molecule has 1 spiro atoms. The molecule has 37 heavy (non-hydrogen) atoms. The highest BCUT2D eigenvalue weighted by atomic mass is 35.5. The van der Waals surface area contributed by atoms with Crippen LogP contribution in [0.3, 0.4) is 0 Å². The van der Waals surface area contributed by atoms with Crippen LogP contribution in [0.1, 0.15) is 39.0 Å². The Hall–Kier alpha value is -2.68. The van der Waals surface area contributed by atoms with Crippen LogP contribution in [0.2, 0.25) is 5.02 Å². The topological polar surface area (TPSA) is 96.4 Å².